The minimum absolute atomic E-state index is 0. The van der Waals surface area contributed by atoms with Gasteiger partial charge in [-0.05, 0) is 25.0 Å². The van der Waals surface area contributed by atoms with E-state index < -0.39 is 17.5 Å². The summed E-state index contributed by atoms with van der Waals surface area (Å²) in [7, 11) is 0. The zero-order valence-corrected chi connectivity index (χ0v) is 16.5. The van der Waals surface area contributed by atoms with Crippen molar-refractivity contribution in [1.29, 1.82) is 0 Å². The summed E-state index contributed by atoms with van der Waals surface area (Å²) in [5, 5.41) is 4.55. The van der Waals surface area contributed by atoms with Crippen molar-refractivity contribution < 1.29 is 17.9 Å². The molecule has 7 heteroatoms. The number of benzene rings is 2. The van der Waals surface area contributed by atoms with Gasteiger partial charge in [0.1, 0.15) is 12.4 Å². The van der Waals surface area contributed by atoms with Gasteiger partial charge in [0, 0.05) is 17.7 Å². The van der Waals surface area contributed by atoms with E-state index in [9.17, 15) is 13.2 Å². The van der Waals surface area contributed by atoms with Gasteiger partial charge in [0.05, 0.1) is 12.2 Å². The Morgan fingerprint density at radius 2 is 1.64 bits per heavy atom. The molecule has 0 unspecified atom stereocenters. The number of aromatic nitrogens is 2. The van der Waals surface area contributed by atoms with Gasteiger partial charge in [0.2, 0.25) is 5.88 Å². The Morgan fingerprint density at radius 1 is 0.964 bits per heavy atom. The molecule has 3 nitrogen and oxygen atoms in total. The van der Waals surface area contributed by atoms with Gasteiger partial charge < -0.3 is 4.74 Å². The number of rotatable bonds is 7. The Labute approximate surface area is 168 Å². The number of halogens is 4. The largest absolute Gasteiger partial charge is 0.473 e. The Bertz CT molecular complexity index is 926. The van der Waals surface area contributed by atoms with Gasteiger partial charge in [-0.3, -0.25) is 0 Å². The van der Waals surface area contributed by atoms with Crippen LogP contribution in [0, 0.1) is 24.4 Å². The molecule has 1 aromatic heterocycles. The molecule has 0 bridgehead atoms. The fourth-order valence-corrected chi connectivity index (χ4v) is 2.75. The standard InChI is InChI=1S/C21H21F3N2O.ClH/c1-3-4-17-10-21(26(25-17)12-15-7-5-14(2)6-8-15)27-13-16-9-19(23)20(24)11-18(16)22;/h5-11H,3-4,12-13H2,1-2H3;1H. The van der Waals surface area contributed by atoms with Crippen LogP contribution in [0.3, 0.4) is 0 Å². The second-order valence-electron chi connectivity index (χ2n) is 6.51. The third-order valence-corrected chi connectivity index (χ3v) is 4.22. The maximum Gasteiger partial charge on any atom is 0.212 e. The smallest absolute Gasteiger partial charge is 0.212 e. The summed E-state index contributed by atoms with van der Waals surface area (Å²) < 4.78 is 47.7. The molecule has 0 radical (unpaired) electrons. The summed E-state index contributed by atoms with van der Waals surface area (Å²) in [5.41, 5.74) is 3.03. The second-order valence-corrected chi connectivity index (χ2v) is 6.51. The normalized spacial score (nSPS) is 10.6. The van der Waals surface area contributed by atoms with E-state index in [-0.39, 0.29) is 24.6 Å². The minimum atomic E-state index is -1.22. The Kier molecular flexibility index (Phi) is 7.52. The molecule has 150 valence electrons. The van der Waals surface area contributed by atoms with Crippen LogP contribution in [0.25, 0.3) is 0 Å². The first-order chi connectivity index (χ1) is 13.0. The molecule has 28 heavy (non-hydrogen) atoms. The molecular weight excluding hydrogens is 389 g/mol. The van der Waals surface area contributed by atoms with Gasteiger partial charge in [-0.25, -0.2) is 17.9 Å². The lowest BCUT2D eigenvalue weighted by molar-refractivity contribution is 0.269. The summed E-state index contributed by atoms with van der Waals surface area (Å²) in [5.74, 6) is -2.70. The van der Waals surface area contributed by atoms with Crippen LogP contribution in [0.1, 0.15) is 35.7 Å². The SMILES string of the molecule is CCCc1cc(OCc2cc(F)c(F)cc2F)n(Cc2ccc(C)cc2)n1.Cl. The van der Waals surface area contributed by atoms with Gasteiger partial charge in [0.25, 0.3) is 0 Å². The van der Waals surface area contributed by atoms with Crippen molar-refractivity contribution in [2.45, 2.75) is 39.8 Å². The molecule has 0 atom stereocenters. The molecule has 0 fully saturated rings. The van der Waals surface area contributed by atoms with E-state index >= 15 is 0 Å². The Balaban J connectivity index is 0.00000280. The number of hydrogen-bond donors (Lipinski definition) is 0. The first-order valence-corrected chi connectivity index (χ1v) is 8.84. The number of aryl methyl sites for hydroxylation is 2. The van der Waals surface area contributed by atoms with Gasteiger partial charge >= 0.3 is 0 Å². The lowest BCUT2D eigenvalue weighted by atomic mass is 10.1. The van der Waals surface area contributed by atoms with E-state index in [0.29, 0.717) is 18.5 Å². The van der Waals surface area contributed by atoms with Crippen LogP contribution >= 0.6 is 12.4 Å². The average Bonchev–Trinajstić information content (AvgIpc) is 3.01. The molecule has 3 rings (SSSR count). The summed E-state index contributed by atoms with van der Waals surface area (Å²) in [6, 6.07) is 11.2. The molecule has 0 saturated heterocycles. The summed E-state index contributed by atoms with van der Waals surface area (Å²) >= 11 is 0. The maximum absolute atomic E-state index is 13.8. The molecule has 0 saturated carbocycles. The fourth-order valence-electron chi connectivity index (χ4n) is 2.75. The number of nitrogens with zero attached hydrogens (tertiary/aromatic N) is 2. The third-order valence-electron chi connectivity index (χ3n) is 4.22. The van der Waals surface area contributed by atoms with E-state index in [4.69, 9.17) is 4.74 Å². The van der Waals surface area contributed by atoms with E-state index in [1.54, 1.807) is 10.7 Å². The molecule has 0 amide bonds. The van der Waals surface area contributed by atoms with Crippen molar-refractivity contribution in [2.75, 3.05) is 0 Å². The highest BCUT2D eigenvalue weighted by molar-refractivity contribution is 5.85. The van der Waals surface area contributed by atoms with Crippen LogP contribution in [0.2, 0.25) is 0 Å². The number of hydrogen-bond acceptors (Lipinski definition) is 2. The number of ether oxygens (including phenoxy) is 1. The van der Waals surface area contributed by atoms with Crippen molar-refractivity contribution in [1.82, 2.24) is 9.78 Å². The quantitative estimate of drug-likeness (QED) is 0.473. The zero-order valence-electron chi connectivity index (χ0n) is 15.7. The molecule has 1 heterocycles. The predicted octanol–water partition coefficient (Wildman–Crippen LogP) is 5.61. The zero-order chi connectivity index (χ0) is 19.4. The van der Waals surface area contributed by atoms with Crippen LogP contribution in [-0.4, -0.2) is 9.78 Å². The van der Waals surface area contributed by atoms with Crippen molar-refractivity contribution in [3.8, 4) is 5.88 Å². The lowest BCUT2D eigenvalue weighted by Gasteiger charge is -2.10. The van der Waals surface area contributed by atoms with E-state index in [1.165, 1.54) is 0 Å². The summed E-state index contributed by atoms with van der Waals surface area (Å²) in [4.78, 5) is 0. The molecular formula is C21H22ClF3N2O. The van der Waals surface area contributed by atoms with Crippen LogP contribution < -0.4 is 4.74 Å². The topological polar surface area (TPSA) is 27.1 Å². The summed E-state index contributed by atoms with van der Waals surface area (Å²) in [6.45, 7) is 4.35. The third kappa shape index (κ3) is 5.29. The Morgan fingerprint density at radius 3 is 2.32 bits per heavy atom. The van der Waals surface area contributed by atoms with Gasteiger partial charge in [0.15, 0.2) is 11.6 Å². The van der Waals surface area contributed by atoms with Crippen LogP contribution in [-0.2, 0) is 19.6 Å². The van der Waals surface area contributed by atoms with Crippen LogP contribution in [0.4, 0.5) is 13.2 Å². The van der Waals surface area contributed by atoms with Crippen molar-refractivity contribution in [3.63, 3.8) is 0 Å². The molecule has 3 aromatic rings. The van der Waals surface area contributed by atoms with E-state index in [2.05, 4.69) is 12.0 Å². The van der Waals surface area contributed by atoms with Crippen LogP contribution in [0.5, 0.6) is 5.88 Å². The van der Waals surface area contributed by atoms with Gasteiger partial charge in [-0.15, -0.1) is 12.4 Å². The van der Waals surface area contributed by atoms with Gasteiger partial charge in [-0.1, -0.05) is 43.2 Å². The maximum atomic E-state index is 13.8. The average molecular weight is 411 g/mol. The molecule has 0 aliphatic carbocycles. The highest BCUT2D eigenvalue weighted by atomic mass is 35.5. The van der Waals surface area contributed by atoms with Crippen LogP contribution in [0.15, 0.2) is 42.5 Å². The molecule has 0 spiro atoms. The molecule has 0 aliphatic heterocycles. The minimum Gasteiger partial charge on any atom is -0.473 e. The van der Waals surface area contributed by atoms with Crippen molar-refractivity contribution in [2.24, 2.45) is 0 Å². The van der Waals surface area contributed by atoms with E-state index in [0.717, 1.165) is 35.7 Å². The molecule has 0 aliphatic rings. The predicted molar refractivity (Wildman–Crippen MR) is 104 cm³/mol. The Hall–Kier alpha value is -2.47. The van der Waals surface area contributed by atoms with Gasteiger partial charge in [-0.2, -0.15) is 5.10 Å². The van der Waals surface area contributed by atoms with Crippen molar-refractivity contribution >= 4 is 12.4 Å². The first-order valence-electron chi connectivity index (χ1n) is 8.84. The highest BCUT2D eigenvalue weighted by Crippen LogP contribution is 2.21. The van der Waals surface area contributed by atoms with Crippen molar-refractivity contribution in [3.05, 3.63) is 82.3 Å². The second kappa shape index (κ2) is 9.64. The molecule has 2 aromatic carbocycles. The highest BCUT2D eigenvalue weighted by Gasteiger charge is 2.13. The monoisotopic (exact) mass is 410 g/mol. The first kappa shape index (κ1) is 21.8. The van der Waals surface area contributed by atoms with E-state index in [1.807, 2.05) is 31.2 Å². The summed E-state index contributed by atoms with van der Waals surface area (Å²) in [6.07, 6.45) is 1.72. The fraction of sp³-hybridized carbons (Fsp3) is 0.286. The lowest BCUT2D eigenvalue weighted by Crippen LogP contribution is -2.08. The molecule has 0 N–H and O–H groups in total.